The van der Waals surface area contributed by atoms with Crippen LogP contribution in [0.1, 0.15) is 5.56 Å². The fourth-order valence-electron chi connectivity index (χ4n) is 1.45. The zero-order valence-corrected chi connectivity index (χ0v) is 10.9. The van der Waals surface area contributed by atoms with Gasteiger partial charge in [-0.3, -0.25) is 4.79 Å². The lowest BCUT2D eigenvalue weighted by Gasteiger charge is -2.14. The zero-order valence-electron chi connectivity index (χ0n) is 10.2. The van der Waals surface area contributed by atoms with Gasteiger partial charge < -0.3 is 15.2 Å². The number of hydrogen-bond acceptors (Lipinski definition) is 3. The van der Waals surface area contributed by atoms with E-state index >= 15 is 0 Å². The third-order valence-electron chi connectivity index (χ3n) is 2.37. The molecule has 0 bridgehead atoms. The molecule has 7 heteroatoms. The van der Waals surface area contributed by atoms with Gasteiger partial charge >= 0.3 is 5.97 Å². The summed E-state index contributed by atoms with van der Waals surface area (Å²) < 4.78 is 18.1. The SMILES string of the molecule is COCC(NC(=O)Cc1c(F)cccc1Cl)C(=O)O. The number of aliphatic carboxylic acids is 1. The van der Waals surface area contributed by atoms with E-state index in [1.165, 1.54) is 25.3 Å². The average Bonchev–Trinajstić information content (AvgIpc) is 2.33. The Morgan fingerprint density at radius 1 is 1.53 bits per heavy atom. The molecule has 19 heavy (non-hydrogen) atoms. The maximum atomic E-state index is 13.4. The van der Waals surface area contributed by atoms with Crippen LogP contribution in [-0.4, -0.2) is 36.7 Å². The van der Waals surface area contributed by atoms with Crippen molar-refractivity contribution >= 4 is 23.5 Å². The molecule has 0 spiro atoms. The molecule has 1 amide bonds. The number of hydrogen-bond donors (Lipinski definition) is 2. The molecule has 5 nitrogen and oxygen atoms in total. The fourth-order valence-corrected chi connectivity index (χ4v) is 1.68. The third-order valence-corrected chi connectivity index (χ3v) is 2.72. The number of rotatable bonds is 6. The molecule has 0 aromatic heterocycles. The van der Waals surface area contributed by atoms with E-state index in [-0.39, 0.29) is 23.6 Å². The molecular formula is C12H13ClFNO4. The molecule has 0 aliphatic heterocycles. The van der Waals surface area contributed by atoms with Crippen LogP contribution in [0.4, 0.5) is 4.39 Å². The molecule has 0 aliphatic rings. The maximum Gasteiger partial charge on any atom is 0.328 e. The predicted molar refractivity (Wildman–Crippen MR) is 66.6 cm³/mol. The Labute approximate surface area is 114 Å². The summed E-state index contributed by atoms with van der Waals surface area (Å²) in [5.74, 6) is -2.48. The van der Waals surface area contributed by atoms with Gasteiger partial charge in [-0.2, -0.15) is 0 Å². The Bertz CT molecular complexity index is 461. The number of nitrogens with one attached hydrogen (secondary N) is 1. The fraction of sp³-hybridized carbons (Fsp3) is 0.333. The minimum Gasteiger partial charge on any atom is -0.480 e. The van der Waals surface area contributed by atoms with Gasteiger partial charge in [0.15, 0.2) is 6.04 Å². The number of carbonyl (C=O) groups excluding carboxylic acids is 1. The van der Waals surface area contributed by atoms with E-state index in [9.17, 15) is 14.0 Å². The zero-order chi connectivity index (χ0) is 14.4. The molecule has 0 fully saturated rings. The maximum absolute atomic E-state index is 13.4. The Morgan fingerprint density at radius 2 is 2.21 bits per heavy atom. The number of benzene rings is 1. The number of ether oxygens (including phenoxy) is 1. The van der Waals surface area contributed by atoms with Gasteiger partial charge in [0.2, 0.25) is 5.91 Å². The number of carboxylic acid groups (broad SMARTS) is 1. The molecule has 0 radical (unpaired) electrons. The minimum absolute atomic E-state index is 0.0308. The predicted octanol–water partition coefficient (Wildman–Crippen LogP) is 1.24. The molecule has 1 unspecified atom stereocenters. The smallest absolute Gasteiger partial charge is 0.328 e. The summed E-state index contributed by atoms with van der Waals surface area (Å²) in [4.78, 5) is 22.5. The number of methoxy groups -OCH3 is 1. The second kappa shape index (κ2) is 7.06. The van der Waals surface area contributed by atoms with Crippen LogP contribution in [0.2, 0.25) is 5.02 Å². The van der Waals surface area contributed by atoms with Crippen LogP contribution in [-0.2, 0) is 20.7 Å². The summed E-state index contributed by atoms with van der Waals surface area (Å²) in [7, 11) is 1.32. The van der Waals surface area contributed by atoms with E-state index in [1.807, 2.05) is 0 Å². The molecule has 1 aromatic rings. The van der Waals surface area contributed by atoms with Crippen molar-refractivity contribution in [2.24, 2.45) is 0 Å². The van der Waals surface area contributed by atoms with E-state index < -0.39 is 23.7 Å². The summed E-state index contributed by atoms with van der Waals surface area (Å²) in [5, 5.41) is 11.2. The normalized spacial score (nSPS) is 11.9. The minimum atomic E-state index is -1.23. The Morgan fingerprint density at radius 3 is 2.74 bits per heavy atom. The lowest BCUT2D eigenvalue weighted by molar-refractivity contribution is -0.143. The van der Waals surface area contributed by atoms with E-state index in [1.54, 1.807) is 0 Å². The van der Waals surface area contributed by atoms with Crippen LogP contribution in [0.3, 0.4) is 0 Å². The largest absolute Gasteiger partial charge is 0.480 e. The molecule has 1 atom stereocenters. The van der Waals surface area contributed by atoms with Crippen LogP contribution in [0.25, 0.3) is 0 Å². The van der Waals surface area contributed by atoms with Crippen molar-refractivity contribution in [3.63, 3.8) is 0 Å². The summed E-state index contributed by atoms with van der Waals surface area (Å²) in [6.07, 6.45) is -0.334. The van der Waals surface area contributed by atoms with Gasteiger partial charge in [0.25, 0.3) is 0 Å². The first-order valence-electron chi connectivity index (χ1n) is 5.39. The molecule has 0 aliphatic carbocycles. The van der Waals surface area contributed by atoms with E-state index in [0.717, 1.165) is 0 Å². The topological polar surface area (TPSA) is 75.6 Å². The van der Waals surface area contributed by atoms with Crippen LogP contribution in [0.5, 0.6) is 0 Å². The molecule has 0 saturated heterocycles. The third kappa shape index (κ3) is 4.50. The van der Waals surface area contributed by atoms with Crippen molar-refractivity contribution < 1.29 is 23.8 Å². The van der Waals surface area contributed by atoms with Crippen molar-refractivity contribution in [2.45, 2.75) is 12.5 Å². The van der Waals surface area contributed by atoms with Gasteiger partial charge in [-0.25, -0.2) is 9.18 Å². The highest BCUT2D eigenvalue weighted by atomic mass is 35.5. The van der Waals surface area contributed by atoms with Crippen LogP contribution in [0, 0.1) is 5.82 Å². The lowest BCUT2D eigenvalue weighted by Crippen LogP contribution is -2.44. The number of amides is 1. The molecule has 2 N–H and O–H groups in total. The first-order valence-corrected chi connectivity index (χ1v) is 5.77. The van der Waals surface area contributed by atoms with E-state index in [0.29, 0.717) is 0 Å². The van der Waals surface area contributed by atoms with Crippen molar-refractivity contribution in [2.75, 3.05) is 13.7 Å². The van der Waals surface area contributed by atoms with Crippen molar-refractivity contribution in [3.05, 3.63) is 34.6 Å². The summed E-state index contributed by atoms with van der Waals surface area (Å²) >= 11 is 5.77. The second-order valence-corrected chi connectivity index (χ2v) is 4.20. The van der Waals surface area contributed by atoms with Gasteiger partial charge in [0.05, 0.1) is 13.0 Å². The van der Waals surface area contributed by atoms with Crippen molar-refractivity contribution in [3.8, 4) is 0 Å². The quantitative estimate of drug-likeness (QED) is 0.826. The standard InChI is InChI=1S/C12H13ClFNO4/c1-19-6-10(12(17)18)15-11(16)5-7-8(13)3-2-4-9(7)14/h2-4,10H,5-6H2,1H3,(H,15,16)(H,17,18). The molecular weight excluding hydrogens is 277 g/mol. The van der Waals surface area contributed by atoms with Crippen molar-refractivity contribution in [1.82, 2.24) is 5.32 Å². The highest BCUT2D eigenvalue weighted by Crippen LogP contribution is 2.19. The number of halogens is 2. The first-order chi connectivity index (χ1) is 8.95. The Hall–Kier alpha value is -1.66. The molecule has 1 aromatic carbocycles. The molecule has 0 saturated carbocycles. The summed E-state index contributed by atoms with van der Waals surface area (Å²) in [6, 6.07) is 2.88. The van der Waals surface area contributed by atoms with Gasteiger partial charge in [0.1, 0.15) is 5.82 Å². The lowest BCUT2D eigenvalue weighted by atomic mass is 10.1. The van der Waals surface area contributed by atoms with Crippen LogP contribution < -0.4 is 5.32 Å². The Balaban J connectivity index is 2.72. The van der Waals surface area contributed by atoms with E-state index in [4.69, 9.17) is 16.7 Å². The van der Waals surface area contributed by atoms with Crippen molar-refractivity contribution in [1.29, 1.82) is 0 Å². The van der Waals surface area contributed by atoms with Crippen LogP contribution >= 0.6 is 11.6 Å². The highest BCUT2D eigenvalue weighted by molar-refractivity contribution is 6.31. The second-order valence-electron chi connectivity index (χ2n) is 3.79. The van der Waals surface area contributed by atoms with Gasteiger partial charge in [0, 0.05) is 17.7 Å². The molecule has 1 rings (SSSR count). The average molecular weight is 290 g/mol. The highest BCUT2D eigenvalue weighted by Gasteiger charge is 2.21. The van der Waals surface area contributed by atoms with Gasteiger partial charge in [-0.15, -0.1) is 0 Å². The van der Waals surface area contributed by atoms with Gasteiger partial charge in [-0.1, -0.05) is 17.7 Å². The molecule has 0 heterocycles. The van der Waals surface area contributed by atoms with Crippen LogP contribution in [0.15, 0.2) is 18.2 Å². The number of carboxylic acids is 1. The number of carbonyl (C=O) groups is 2. The van der Waals surface area contributed by atoms with E-state index in [2.05, 4.69) is 10.1 Å². The Kier molecular flexibility index (Phi) is 5.72. The monoisotopic (exact) mass is 289 g/mol. The first kappa shape index (κ1) is 15.4. The summed E-state index contributed by atoms with van der Waals surface area (Å²) in [6.45, 7) is -0.175. The van der Waals surface area contributed by atoms with Gasteiger partial charge in [-0.05, 0) is 12.1 Å². The summed E-state index contributed by atoms with van der Waals surface area (Å²) in [5.41, 5.74) is 0.0308. The molecule has 104 valence electrons.